The van der Waals surface area contributed by atoms with Gasteiger partial charge in [-0.2, -0.15) is 6.42 Å². The van der Waals surface area contributed by atoms with Gasteiger partial charge in [0, 0.05) is 21.1 Å². The summed E-state index contributed by atoms with van der Waals surface area (Å²) in [6.07, 6.45) is 4.02. The molecule has 0 amide bonds. The van der Waals surface area contributed by atoms with Crippen molar-refractivity contribution in [3.05, 3.63) is 25.1 Å². The third kappa shape index (κ3) is 4.05. The Balaban J connectivity index is 0. The van der Waals surface area contributed by atoms with Crippen LogP contribution in [0.25, 0.3) is 0 Å². The van der Waals surface area contributed by atoms with Gasteiger partial charge in [-0.05, 0) is 0 Å². The Labute approximate surface area is 83.4 Å². The number of hydrogen-bond donors (Lipinski definition) is 0. The quantitative estimate of drug-likeness (QED) is 0.567. The molecular formula is C5H6N2W2. The van der Waals surface area contributed by atoms with Crippen LogP contribution in [0.5, 0.6) is 0 Å². The summed E-state index contributed by atoms with van der Waals surface area (Å²) < 4.78 is 0. The van der Waals surface area contributed by atoms with Crippen LogP contribution >= 0.6 is 0 Å². The Hall–Kier alpha value is 0.587. The van der Waals surface area contributed by atoms with E-state index in [1.54, 1.807) is 12.4 Å². The van der Waals surface area contributed by atoms with E-state index < -0.39 is 0 Å². The molecule has 48 valence electrons. The topological polar surface area (TPSA) is 27.0 Å². The molecule has 4 heteroatoms. The Kier molecular flexibility index (Phi) is 9.15. The Morgan fingerprint density at radius 1 is 1.67 bits per heavy atom. The molecule has 0 aliphatic rings. The number of nitrogens with zero attached hydrogens (tertiary/aromatic N) is 2. The summed E-state index contributed by atoms with van der Waals surface area (Å²) in [5.74, 6) is 0.819. The first kappa shape index (κ1) is 12.3. The van der Waals surface area contributed by atoms with Gasteiger partial charge < -0.3 is 16.9 Å². The molecule has 0 saturated carbocycles. The van der Waals surface area contributed by atoms with Crippen molar-refractivity contribution in [1.82, 2.24) is 9.97 Å². The zero-order valence-corrected chi connectivity index (χ0v) is 10.6. The molecule has 0 aliphatic heterocycles. The summed E-state index contributed by atoms with van der Waals surface area (Å²) >= 11 is 0. The van der Waals surface area contributed by atoms with Crippen molar-refractivity contribution in [3.63, 3.8) is 0 Å². The molecule has 0 atom stereocenters. The minimum atomic E-state index is 0. The Morgan fingerprint density at radius 2 is 2.33 bits per heavy atom. The van der Waals surface area contributed by atoms with E-state index in [9.17, 15) is 0 Å². The molecule has 1 aromatic rings. The molecule has 1 heterocycles. The summed E-state index contributed by atoms with van der Waals surface area (Å²) in [5, 5.41) is 0. The SMILES string of the molecule is [CH2-]Cc1ncc[n-]1.[W+2].[W]. The maximum absolute atomic E-state index is 3.86. The van der Waals surface area contributed by atoms with Crippen molar-refractivity contribution in [1.29, 1.82) is 0 Å². The Bertz CT molecular complexity index is 128. The fourth-order valence-corrected chi connectivity index (χ4v) is 0.401. The number of imidazole rings is 1. The molecule has 0 saturated heterocycles. The van der Waals surface area contributed by atoms with Gasteiger partial charge in [0.1, 0.15) is 0 Å². The van der Waals surface area contributed by atoms with Crippen LogP contribution < -0.4 is 4.98 Å². The number of rotatable bonds is 1. The largest absolute Gasteiger partial charge is 2.00 e. The molecule has 2 nitrogen and oxygen atoms in total. The van der Waals surface area contributed by atoms with Crippen LogP contribution in [0, 0.1) is 6.92 Å². The number of hydrogen-bond acceptors (Lipinski definition) is 1. The van der Waals surface area contributed by atoms with Crippen LogP contribution in [0.4, 0.5) is 0 Å². The second kappa shape index (κ2) is 6.70. The van der Waals surface area contributed by atoms with Crippen LogP contribution in [0.3, 0.4) is 0 Å². The van der Waals surface area contributed by atoms with E-state index in [0.717, 1.165) is 5.82 Å². The van der Waals surface area contributed by atoms with Gasteiger partial charge in [-0.15, -0.1) is 5.82 Å². The standard InChI is InChI=1S/C5H6N2.2W/c1-2-5-6-3-4-7-5;;/h3-4H,1-2H2;;/q-2;;+2. The maximum atomic E-state index is 3.86. The van der Waals surface area contributed by atoms with Crippen molar-refractivity contribution in [2.45, 2.75) is 6.42 Å². The van der Waals surface area contributed by atoms with E-state index in [4.69, 9.17) is 0 Å². The van der Waals surface area contributed by atoms with Crippen LogP contribution in [0.2, 0.25) is 0 Å². The van der Waals surface area contributed by atoms with Gasteiger partial charge in [0.2, 0.25) is 0 Å². The van der Waals surface area contributed by atoms with E-state index in [1.165, 1.54) is 0 Å². The molecule has 0 aliphatic carbocycles. The molecule has 0 aromatic carbocycles. The zero-order valence-electron chi connectivity index (χ0n) is 4.78. The molecule has 1 aromatic heterocycles. The van der Waals surface area contributed by atoms with Gasteiger partial charge in [0.25, 0.3) is 0 Å². The number of aromatic nitrogens is 2. The fourth-order valence-electron chi connectivity index (χ4n) is 0.401. The zero-order chi connectivity index (χ0) is 5.11. The smallest absolute Gasteiger partial charge is 0.449 e. The molecule has 0 unspecified atom stereocenters. The van der Waals surface area contributed by atoms with Crippen molar-refractivity contribution in [3.8, 4) is 0 Å². The summed E-state index contributed by atoms with van der Waals surface area (Å²) in [4.78, 5) is 7.72. The molecule has 0 N–H and O–H groups in total. The predicted octanol–water partition coefficient (Wildman–Crippen LogP) is 0.410. The van der Waals surface area contributed by atoms with Gasteiger partial charge in [-0.3, -0.25) is 0 Å². The van der Waals surface area contributed by atoms with Crippen LogP contribution in [-0.4, -0.2) is 4.98 Å². The summed E-state index contributed by atoms with van der Waals surface area (Å²) in [7, 11) is 0. The minimum Gasteiger partial charge on any atom is -0.449 e. The van der Waals surface area contributed by atoms with E-state index in [0.29, 0.717) is 6.42 Å². The average Bonchev–Trinajstić information content (AvgIpc) is 2.14. The molecule has 0 spiro atoms. The van der Waals surface area contributed by atoms with Crippen molar-refractivity contribution < 1.29 is 42.1 Å². The summed E-state index contributed by atoms with van der Waals surface area (Å²) in [6.45, 7) is 3.60. The second-order valence-corrected chi connectivity index (χ2v) is 1.22. The third-order valence-electron chi connectivity index (χ3n) is 0.737. The van der Waals surface area contributed by atoms with Gasteiger partial charge >= 0.3 is 21.1 Å². The second-order valence-electron chi connectivity index (χ2n) is 1.22. The summed E-state index contributed by atoms with van der Waals surface area (Å²) in [5.41, 5.74) is 0. The van der Waals surface area contributed by atoms with Crippen LogP contribution in [0.1, 0.15) is 5.82 Å². The van der Waals surface area contributed by atoms with E-state index in [1.807, 2.05) is 0 Å². The first-order valence-corrected chi connectivity index (χ1v) is 2.15. The molecule has 0 radical (unpaired) electrons. The van der Waals surface area contributed by atoms with Crippen LogP contribution in [0.15, 0.2) is 12.4 Å². The van der Waals surface area contributed by atoms with Gasteiger partial charge in [0.05, 0.1) is 0 Å². The van der Waals surface area contributed by atoms with E-state index in [-0.39, 0.29) is 42.1 Å². The van der Waals surface area contributed by atoms with Crippen LogP contribution in [-0.2, 0) is 48.6 Å². The first-order chi connectivity index (χ1) is 3.43. The molecule has 0 fully saturated rings. The van der Waals surface area contributed by atoms with Gasteiger partial charge in [-0.1, -0.05) is 12.4 Å². The molecule has 1 rings (SSSR count). The average molecular weight is 462 g/mol. The molecule has 9 heavy (non-hydrogen) atoms. The monoisotopic (exact) mass is 462 g/mol. The summed E-state index contributed by atoms with van der Waals surface area (Å²) in [6, 6.07) is 0. The molecule has 0 bridgehead atoms. The van der Waals surface area contributed by atoms with E-state index >= 15 is 0 Å². The third-order valence-corrected chi connectivity index (χ3v) is 0.737. The predicted molar refractivity (Wildman–Crippen MR) is 26.6 cm³/mol. The van der Waals surface area contributed by atoms with Crippen molar-refractivity contribution >= 4 is 0 Å². The maximum Gasteiger partial charge on any atom is 2.00 e. The van der Waals surface area contributed by atoms with Crippen molar-refractivity contribution in [2.24, 2.45) is 0 Å². The fraction of sp³-hybridized carbons (Fsp3) is 0.200. The molecular weight excluding hydrogens is 456 g/mol. The van der Waals surface area contributed by atoms with Gasteiger partial charge in [0.15, 0.2) is 0 Å². The van der Waals surface area contributed by atoms with Crippen molar-refractivity contribution in [2.75, 3.05) is 0 Å². The van der Waals surface area contributed by atoms with Gasteiger partial charge in [-0.25, -0.2) is 0 Å². The van der Waals surface area contributed by atoms with E-state index in [2.05, 4.69) is 16.9 Å². The normalized spacial score (nSPS) is 7.22. The minimum absolute atomic E-state index is 0. The first-order valence-electron chi connectivity index (χ1n) is 2.15. The Morgan fingerprint density at radius 3 is 2.56 bits per heavy atom.